The highest BCUT2D eigenvalue weighted by Gasteiger charge is 2.29. The van der Waals surface area contributed by atoms with E-state index in [2.05, 4.69) is 17.2 Å². The van der Waals surface area contributed by atoms with Crippen molar-refractivity contribution in [3.05, 3.63) is 71.8 Å². The molecular weight excluding hydrogens is 390 g/mol. The van der Waals surface area contributed by atoms with Gasteiger partial charge in [0.15, 0.2) is 0 Å². The summed E-state index contributed by atoms with van der Waals surface area (Å²) in [4.78, 5) is 28.2. The Kier molecular flexibility index (Phi) is 6.66. The van der Waals surface area contributed by atoms with Crippen molar-refractivity contribution in [1.29, 1.82) is 0 Å². The molecule has 0 unspecified atom stereocenters. The molecule has 0 radical (unpaired) electrons. The van der Waals surface area contributed by atoms with Gasteiger partial charge in [0.05, 0.1) is 17.9 Å². The monoisotopic (exact) mass is 414 g/mol. The van der Waals surface area contributed by atoms with Gasteiger partial charge in [-0.3, -0.25) is 4.90 Å². The molecule has 2 aromatic rings. The quantitative estimate of drug-likeness (QED) is 0.688. The predicted octanol–water partition coefficient (Wildman–Crippen LogP) is 4.41. The average Bonchev–Trinajstić information content (AvgIpc) is 2.71. The van der Waals surface area contributed by atoms with Crippen LogP contribution in [0.1, 0.15) is 17.5 Å². The summed E-state index contributed by atoms with van der Waals surface area (Å²) in [7, 11) is 0. The Hall–Kier alpha value is -3.42. The van der Waals surface area contributed by atoms with Crippen molar-refractivity contribution in [2.45, 2.75) is 19.9 Å². The fraction of sp³-hybridized carbons (Fsp3) is 0.273. The molecule has 0 spiro atoms. The molecule has 30 heavy (non-hydrogen) atoms. The van der Waals surface area contributed by atoms with Crippen LogP contribution in [0, 0.1) is 18.6 Å². The van der Waals surface area contributed by atoms with Crippen LogP contribution >= 0.6 is 0 Å². The second kappa shape index (κ2) is 9.39. The zero-order valence-corrected chi connectivity index (χ0v) is 16.8. The molecule has 1 aliphatic heterocycles. The van der Waals surface area contributed by atoms with Crippen LogP contribution in [0.3, 0.4) is 0 Å². The van der Waals surface area contributed by atoms with E-state index < -0.39 is 17.7 Å². The summed E-state index contributed by atoms with van der Waals surface area (Å²) in [5.41, 5.74) is 2.07. The van der Waals surface area contributed by atoms with E-state index in [1.165, 1.54) is 4.90 Å². The van der Waals surface area contributed by atoms with Crippen LogP contribution in [-0.4, -0.2) is 36.6 Å². The number of urea groups is 2. The molecule has 8 heteroatoms. The van der Waals surface area contributed by atoms with Gasteiger partial charge in [0, 0.05) is 25.2 Å². The van der Waals surface area contributed by atoms with Gasteiger partial charge in [-0.15, -0.1) is 6.58 Å². The lowest BCUT2D eigenvalue weighted by atomic mass is 10.1. The van der Waals surface area contributed by atoms with E-state index in [1.54, 1.807) is 23.1 Å². The Labute approximate surface area is 174 Å². The SMILES string of the molecule is C=CCNC(=O)Nc1cc(C)ccc1N1CCCN(Cc2cc(F)ccc2F)C1=O. The van der Waals surface area contributed by atoms with Crippen molar-refractivity contribution in [3.63, 3.8) is 0 Å². The third kappa shape index (κ3) is 4.94. The van der Waals surface area contributed by atoms with Gasteiger partial charge in [-0.1, -0.05) is 12.1 Å². The number of halogens is 2. The Balaban J connectivity index is 1.83. The topological polar surface area (TPSA) is 64.7 Å². The lowest BCUT2D eigenvalue weighted by Gasteiger charge is -2.36. The number of carbonyl (C=O) groups excluding carboxylic acids is 2. The summed E-state index contributed by atoms with van der Waals surface area (Å²) in [5, 5.41) is 5.40. The van der Waals surface area contributed by atoms with Crippen molar-refractivity contribution in [1.82, 2.24) is 10.2 Å². The van der Waals surface area contributed by atoms with Gasteiger partial charge in [-0.25, -0.2) is 18.4 Å². The predicted molar refractivity (Wildman–Crippen MR) is 113 cm³/mol. The molecule has 1 heterocycles. The van der Waals surface area contributed by atoms with E-state index in [1.807, 2.05) is 13.0 Å². The largest absolute Gasteiger partial charge is 0.334 e. The van der Waals surface area contributed by atoms with Crippen LogP contribution in [0.5, 0.6) is 0 Å². The van der Waals surface area contributed by atoms with Gasteiger partial charge >= 0.3 is 12.1 Å². The number of anilines is 2. The highest BCUT2D eigenvalue weighted by Crippen LogP contribution is 2.30. The minimum absolute atomic E-state index is 0.0344. The zero-order chi connectivity index (χ0) is 21.7. The molecule has 158 valence electrons. The summed E-state index contributed by atoms with van der Waals surface area (Å²) < 4.78 is 27.6. The highest BCUT2D eigenvalue weighted by atomic mass is 19.1. The summed E-state index contributed by atoms with van der Waals surface area (Å²) in [6.45, 7) is 6.60. The minimum Gasteiger partial charge on any atom is -0.334 e. The van der Waals surface area contributed by atoms with Gasteiger partial charge in [0.25, 0.3) is 0 Å². The zero-order valence-electron chi connectivity index (χ0n) is 16.8. The number of aryl methyl sites for hydroxylation is 1. The molecule has 4 amide bonds. The number of hydrogen-bond donors (Lipinski definition) is 2. The molecule has 0 bridgehead atoms. The normalized spacial score (nSPS) is 13.9. The van der Waals surface area contributed by atoms with Gasteiger partial charge in [-0.2, -0.15) is 0 Å². The number of hydrogen-bond acceptors (Lipinski definition) is 2. The lowest BCUT2D eigenvalue weighted by Crippen LogP contribution is -2.49. The van der Waals surface area contributed by atoms with Crippen molar-refractivity contribution in [3.8, 4) is 0 Å². The third-order valence-corrected chi connectivity index (χ3v) is 4.78. The summed E-state index contributed by atoms with van der Waals surface area (Å²) in [5.74, 6) is -1.11. The Morgan fingerprint density at radius 3 is 2.77 bits per heavy atom. The third-order valence-electron chi connectivity index (χ3n) is 4.78. The van der Waals surface area contributed by atoms with Crippen LogP contribution in [-0.2, 0) is 6.54 Å². The molecule has 2 aromatic carbocycles. The molecule has 0 saturated carbocycles. The van der Waals surface area contributed by atoms with Crippen LogP contribution in [0.2, 0.25) is 0 Å². The van der Waals surface area contributed by atoms with E-state index in [-0.39, 0.29) is 18.1 Å². The standard InChI is InChI=1S/C22H24F2N4O2/c1-3-9-25-21(29)26-19-12-15(2)5-8-20(19)28-11-4-10-27(22(28)30)14-16-13-17(23)6-7-18(16)24/h3,5-8,12-13H,1,4,9-11,14H2,2H3,(H2,25,26,29). The molecule has 1 saturated heterocycles. The highest BCUT2D eigenvalue weighted by molar-refractivity contribution is 6.00. The fourth-order valence-electron chi connectivity index (χ4n) is 3.34. The molecular formula is C22H24F2N4O2. The number of carbonyl (C=O) groups is 2. The first kappa shape index (κ1) is 21.3. The van der Waals surface area contributed by atoms with Gasteiger partial charge in [0.1, 0.15) is 11.6 Å². The van der Waals surface area contributed by atoms with Crippen LogP contribution in [0.15, 0.2) is 49.1 Å². The number of nitrogens with zero attached hydrogens (tertiary/aromatic N) is 2. The number of rotatable bonds is 6. The van der Waals surface area contributed by atoms with Crippen LogP contribution in [0.4, 0.5) is 29.7 Å². The molecule has 0 atom stereocenters. The average molecular weight is 414 g/mol. The Bertz CT molecular complexity index is 964. The molecule has 3 rings (SSSR count). The maximum Gasteiger partial charge on any atom is 0.324 e. The molecule has 6 nitrogen and oxygen atoms in total. The van der Waals surface area contributed by atoms with E-state index in [4.69, 9.17) is 0 Å². The van der Waals surface area contributed by atoms with E-state index in [0.29, 0.717) is 37.4 Å². The molecule has 2 N–H and O–H groups in total. The van der Waals surface area contributed by atoms with E-state index in [0.717, 1.165) is 23.8 Å². The van der Waals surface area contributed by atoms with Gasteiger partial charge in [-0.05, 0) is 49.2 Å². The fourth-order valence-corrected chi connectivity index (χ4v) is 3.34. The minimum atomic E-state index is -0.557. The van der Waals surface area contributed by atoms with Crippen LogP contribution in [0.25, 0.3) is 0 Å². The smallest absolute Gasteiger partial charge is 0.324 e. The van der Waals surface area contributed by atoms with Crippen molar-refractivity contribution in [2.75, 3.05) is 29.9 Å². The first-order chi connectivity index (χ1) is 14.4. The molecule has 1 fully saturated rings. The van der Waals surface area contributed by atoms with Crippen LogP contribution < -0.4 is 15.5 Å². The number of nitrogens with one attached hydrogen (secondary N) is 2. The second-order valence-electron chi connectivity index (χ2n) is 7.09. The summed E-state index contributed by atoms with van der Waals surface area (Å²) in [6, 6.07) is 7.86. The lowest BCUT2D eigenvalue weighted by molar-refractivity contribution is 0.191. The Morgan fingerprint density at radius 2 is 2.00 bits per heavy atom. The van der Waals surface area contributed by atoms with Crippen molar-refractivity contribution < 1.29 is 18.4 Å². The first-order valence-corrected chi connectivity index (χ1v) is 9.66. The molecule has 0 aromatic heterocycles. The van der Waals surface area contributed by atoms with Gasteiger partial charge in [0.2, 0.25) is 0 Å². The Morgan fingerprint density at radius 1 is 1.20 bits per heavy atom. The van der Waals surface area contributed by atoms with Gasteiger partial charge < -0.3 is 15.5 Å². The van der Waals surface area contributed by atoms with E-state index in [9.17, 15) is 18.4 Å². The van der Waals surface area contributed by atoms with Crippen molar-refractivity contribution in [2.24, 2.45) is 0 Å². The maximum atomic E-state index is 14.0. The first-order valence-electron chi connectivity index (χ1n) is 9.66. The number of benzene rings is 2. The molecule has 1 aliphatic rings. The number of amides is 4. The molecule has 0 aliphatic carbocycles. The summed E-state index contributed by atoms with van der Waals surface area (Å²) >= 11 is 0. The second-order valence-corrected chi connectivity index (χ2v) is 7.09. The maximum absolute atomic E-state index is 14.0. The summed E-state index contributed by atoms with van der Waals surface area (Å²) in [6.07, 6.45) is 2.22. The van der Waals surface area contributed by atoms with E-state index >= 15 is 0 Å². The van der Waals surface area contributed by atoms with Crippen molar-refractivity contribution >= 4 is 23.4 Å².